The molecule has 122 valence electrons. The van der Waals surface area contributed by atoms with E-state index in [1.807, 2.05) is 53.7 Å². The Balaban J connectivity index is 1.80. The van der Waals surface area contributed by atoms with Crippen LogP contribution in [-0.4, -0.2) is 14.3 Å². The molecule has 2 heterocycles. The van der Waals surface area contributed by atoms with Crippen LogP contribution in [0.15, 0.2) is 48.8 Å². The molecule has 2 aromatic heterocycles. The van der Waals surface area contributed by atoms with Crippen LogP contribution in [0.2, 0.25) is 0 Å². The van der Waals surface area contributed by atoms with Gasteiger partial charge in [-0.2, -0.15) is 10.4 Å². The largest absolute Gasteiger partial charge is 0.340 e. The first-order valence-electron chi connectivity index (χ1n) is 7.99. The van der Waals surface area contributed by atoms with Crippen LogP contribution in [0.25, 0.3) is 5.69 Å². The second-order valence-electron chi connectivity index (χ2n) is 5.92. The fourth-order valence-corrected chi connectivity index (χ4v) is 2.90. The van der Waals surface area contributed by atoms with Crippen molar-refractivity contribution >= 4 is 0 Å². The molecule has 1 atom stereocenters. The minimum Gasteiger partial charge on any atom is -0.340 e. The molecule has 0 radical (unpaired) electrons. The standard InChI is InChI=1S/C19H21N5/c1-14(21-13-16-11-17(12-20)23(3)15(16)2)18-7-4-5-8-19(18)24-10-6-9-22-24/h4-11,14,21H,13H2,1-3H3. The van der Waals surface area contributed by atoms with Gasteiger partial charge in [-0.1, -0.05) is 18.2 Å². The van der Waals surface area contributed by atoms with Crippen molar-refractivity contribution < 1.29 is 0 Å². The van der Waals surface area contributed by atoms with Gasteiger partial charge in [0, 0.05) is 37.7 Å². The van der Waals surface area contributed by atoms with Gasteiger partial charge in [-0.15, -0.1) is 0 Å². The van der Waals surface area contributed by atoms with Crippen molar-refractivity contribution in [2.45, 2.75) is 26.4 Å². The highest BCUT2D eigenvalue weighted by atomic mass is 15.3. The van der Waals surface area contributed by atoms with Gasteiger partial charge < -0.3 is 9.88 Å². The van der Waals surface area contributed by atoms with E-state index in [4.69, 9.17) is 5.26 Å². The molecule has 1 unspecified atom stereocenters. The van der Waals surface area contributed by atoms with Crippen LogP contribution in [0.4, 0.5) is 0 Å². The lowest BCUT2D eigenvalue weighted by atomic mass is 10.1. The third-order valence-corrected chi connectivity index (χ3v) is 4.51. The Hall–Kier alpha value is -2.84. The summed E-state index contributed by atoms with van der Waals surface area (Å²) in [7, 11) is 1.92. The summed E-state index contributed by atoms with van der Waals surface area (Å²) >= 11 is 0. The summed E-state index contributed by atoms with van der Waals surface area (Å²) in [5.41, 5.74) is 5.22. The van der Waals surface area contributed by atoms with Crippen molar-refractivity contribution in [3.05, 3.63) is 71.3 Å². The van der Waals surface area contributed by atoms with Gasteiger partial charge >= 0.3 is 0 Å². The van der Waals surface area contributed by atoms with Crippen molar-refractivity contribution in [1.29, 1.82) is 5.26 Å². The lowest BCUT2D eigenvalue weighted by Gasteiger charge is -2.18. The second-order valence-corrected chi connectivity index (χ2v) is 5.92. The molecule has 0 spiro atoms. The number of para-hydroxylation sites is 1. The highest BCUT2D eigenvalue weighted by Crippen LogP contribution is 2.22. The summed E-state index contributed by atoms with van der Waals surface area (Å²) < 4.78 is 3.81. The van der Waals surface area contributed by atoms with Crippen LogP contribution in [0.5, 0.6) is 0 Å². The van der Waals surface area contributed by atoms with E-state index in [-0.39, 0.29) is 6.04 Å². The number of benzene rings is 1. The van der Waals surface area contributed by atoms with E-state index < -0.39 is 0 Å². The topological polar surface area (TPSA) is 58.6 Å². The molecule has 0 saturated carbocycles. The van der Waals surface area contributed by atoms with Crippen molar-refractivity contribution in [3.63, 3.8) is 0 Å². The molecule has 3 rings (SSSR count). The Morgan fingerprint density at radius 2 is 2.08 bits per heavy atom. The molecule has 0 amide bonds. The van der Waals surface area contributed by atoms with Gasteiger partial charge in [0.25, 0.3) is 0 Å². The number of nitrogens with zero attached hydrogens (tertiary/aromatic N) is 4. The fourth-order valence-electron chi connectivity index (χ4n) is 2.90. The summed E-state index contributed by atoms with van der Waals surface area (Å²) in [6.45, 7) is 4.90. The highest BCUT2D eigenvalue weighted by molar-refractivity contribution is 5.42. The van der Waals surface area contributed by atoms with Crippen LogP contribution in [-0.2, 0) is 13.6 Å². The van der Waals surface area contributed by atoms with E-state index in [1.54, 1.807) is 6.20 Å². The van der Waals surface area contributed by atoms with Gasteiger partial charge in [-0.3, -0.25) is 0 Å². The van der Waals surface area contributed by atoms with Gasteiger partial charge in [0.05, 0.1) is 5.69 Å². The first kappa shape index (κ1) is 16.0. The average Bonchev–Trinajstić information content (AvgIpc) is 3.23. The van der Waals surface area contributed by atoms with E-state index >= 15 is 0 Å². The number of nitrogens with one attached hydrogen (secondary N) is 1. The Morgan fingerprint density at radius 1 is 1.29 bits per heavy atom. The van der Waals surface area contributed by atoms with Gasteiger partial charge in [0.1, 0.15) is 11.8 Å². The van der Waals surface area contributed by atoms with Crippen molar-refractivity contribution in [2.75, 3.05) is 0 Å². The zero-order valence-electron chi connectivity index (χ0n) is 14.2. The molecule has 1 aromatic carbocycles. The number of nitriles is 1. The zero-order chi connectivity index (χ0) is 17.1. The molecular formula is C19H21N5. The SMILES string of the molecule is Cc1c(CNC(C)c2ccccc2-n2cccn2)cc(C#N)n1C. The maximum Gasteiger partial charge on any atom is 0.120 e. The zero-order valence-corrected chi connectivity index (χ0v) is 14.2. The number of rotatable bonds is 5. The van der Waals surface area contributed by atoms with Crippen LogP contribution >= 0.6 is 0 Å². The van der Waals surface area contributed by atoms with Crippen molar-refractivity contribution in [1.82, 2.24) is 19.7 Å². The quantitative estimate of drug-likeness (QED) is 0.785. The minimum atomic E-state index is 0.163. The van der Waals surface area contributed by atoms with Gasteiger partial charge in [-0.05, 0) is 43.2 Å². The van der Waals surface area contributed by atoms with E-state index in [0.717, 1.165) is 23.5 Å². The molecule has 0 bridgehead atoms. The van der Waals surface area contributed by atoms with E-state index in [1.165, 1.54) is 5.56 Å². The molecule has 5 nitrogen and oxygen atoms in total. The molecule has 0 aliphatic heterocycles. The summed E-state index contributed by atoms with van der Waals surface area (Å²) in [4.78, 5) is 0. The number of aromatic nitrogens is 3. The second kappa shape index (κ2) is 6.73. The van der Waals surface area contributed by atoms with Crippen molar-refractivity contribution in [2.24, 2.45) is 7.05 Å². The highest BCUT2D eigenvalue weighted by Gasteiger charge is 2.13. The smallest absolute Gasteiger partial charge is 0.120 e. The predicted octanol–water partition coefficient (Wildman–Crippen LogP) is 3.24. The Kier molecular flexibility index (Phi) is 4.50. The molecule has 0 aliphatic carbocycles. The fraction of sp³-hybridized carbons (Fsp3) is 0.263. The van der Waals surface area contributed by atoms with Crippen molar-refractivity contribution in [3.8, 4) is 11.8 Å². The van der Waals surface area contributed by atoms with Crippen LogP contribution < -0.4 is 5.32 Å². The molecular weight excluding hydrogens is 298 g/mol. The first-order valence-corrected chi connectivity index (χ1v) is 7.99. The Bertz CT molecular complexity index is 868. The number of hydrogen-bond acceptors (Lipinski definition) is 3. The maximum absolute atomic E-state index is 9.15. The lowest BCUT2D eigenvalue weighted by molar-refractivity contribution is 0.568. The Labute approximate surface area is 142 Å². The van der Waals surface area contributed by atoms with Crippen LogP contribution in [0.1, 0.15) is 35.5 Å². The lowest BCUT2D eigenvalue weighted by Crippen LogP contribution is -2.20. The van der Waals surface area contributed by atoms with Gasteiger partial charge in [0.15, 0.2) is 0 Å². The molecule has 5 heteroatoms. The van der Waals surface area contributed by atoms with E-state index in [2.05, 4.69) is 35.5 Å². The third-order valence-electron chi connectivity index (χ3n) is 4.51. The monoisotopic (exact) mass is 319 g/mol. The normalized spacial score (nSPS) is 12.1. The van der Waals surface area contributed by atoms with Crippen LogP contribution in [0.3, 0.4) is 0 Å². The van der Waals surface area contributed by atoms with E-state index in [0.29, 0.717) is 5.69 Å². The molecule has 3 aromatic rings. The average molecular weight is 319 g/mol. The maximum atomic E-state index is 9.15. The Morgan fingerprint density at radius 3 is 2.75 bits per heavy atom. The van der Waals surface area contributed by atoms with Crippen LogP contribution in [0, 0.1) is 18.3 Å². The molecule has 0 fully saturated rings. The summed E-state index contributed by atoms with van der Waals surface area (Å²) in [6.07, 6.45) is 3.73. The molecule has 0 aliphatic rings. The van der Waals surface area contributed by atoms with Gasteiger partial charge in [0.2, 0.25) is 0 Å². The summed E-state index contributed by atoms with van der Waals surface area (Å²) in [5.74, 6) is 0. The summed E-state index contributed by atoms with van der Waals surface area (Å²) in [6, 6.07) is 14.5. The van der Waals surface area contributed by atoms with Gasteiger partial charge in [-0.25, -0.2) is 4.68 Å². The third kappa shape index (κ3) is 2.97. The predicted molar refractivity (Wildman–Crippen MR) is 93.7 cm³/mol. The molecule has 0 saturated heterocycles. The minimum absolute atomic E-state index is 0.163. The summed E-state index contributed by atoms with van der Waals surface area (Å²) in [5, 5.41) is 17.0. The number of hydrogen-bond donors (Lipinski definition) is 1. The molecule has 1 N–H and O–H groups in total. The van der Waals surface area contributed by atoms with E-state index in [9.17, 15) is 0 Å². The molecule has 24 heavy (non-hydrogen) atoms. The first-order chi connectivity index (χ1) is 11.6.